The van der Waals surface area contributed by atoms with Crippen LogP contribution in [0.4, 0.5) is 0 Å². The molecular formula is C16H36N2Si2. The molecule has 0 aromatic rings. The first-order chi connectivity index (χ1) is 9.59. The topological polar surface area (TPSA) is 15.3 Å². The van der Waals surface area contributed by atoms with Gasteiger partial charge in [-0.2, -0.15) is 0 Å². The highest BCUT2D eigenvalue weighted by atomic mass is 28.3. The molecule has 1 atom stereocenters. The second kappa shape index (κ2) is 9.18. The molecule has 1 rings (SSSR count). The van der Waals surface area contributed by atoms with Gasteiger partial charge in [0.1, 0.15) is 8.24 Å². The van der Waals surface area contributed by atoms with Crippen molar-refractivity contribution in [2.45, 2.75) is 71.3 Å². The van der Waals surface area contributed by atoms with E-state index in [0.29, 0.717) is 0 Å². The van der Waals surface area contributed by atoms with Crippen LogP contribution in [0.5, 0.6) is 0 Å². The molecule has 20 heavy (non-hydrogen) atoms. The number of rotatable bonds is 8. The van der Waals surface area contributed by atoms with E-state index in [9.17, 15) is 0 Å². The highest BCUT2D eigenvalue weighted by Gasteiger charge is 2.39. The van der Waals surface area contributed by atoms with Crippen molar-refractivity contribution in [1.82, 2.24) is 9.88 Å². The monoisotopic (exact) mass is 312 g/mol. The van der Waals surface area contributed by atoms with E-state index in [4.69, 9.17) is 0 Å². The molecule has 1 heterocycles. The number of hydrogen-bond acceptors (Lipinski definition) is 2. The Morgan fingerprint density at radius 2 is 1.90 bits per heavy atom. The molecule has 0 aliphatic carbocycles. The van der Waals surface area contributed by atoms with Crippen LogP contribution in [0, 0.1) is 0 Å². The highest BCUT2D eigenvalue weighted by molar-refractivity contribution is 6.77. The van der Waals surface area contributed by atoms with E-state index in [0.717, 1.165) is 6.04 Å². The zero-order valence-corrected chi connectivity index (χ0v) is 16.9. The van der Waals surface area contributed by atoms with E-state index < -0.39 is 8.24 Å². The van der Waals surface area contributed by atoms with Gasteiger partial charge in [0, 0.05) is 35.2 Å². The molecule has 0 bridgehead atoms. The van der Waals surface area contributed by atoms with Crippen molar-refractivity contribution >= 4 is 17.8 Å². The lowest BCUT2D eigenvalue weighted by Crippen LogP contribution is -2.63. The Kier molecular flexibility index (Phi) is 8.33. The molecule has 1 fully saturated rings. The van der Waals surface area contributed by atoms with Gasteiger partial charge in [-0.1, -0.05) is 32.4 Å². The summed E-state index contributed by atoms with van der Waals surface area (Å²) >= 11 is 0. The molecule has 1 saturated heterocycles. The molecule has 0 radical (unpaired) electrons. The summed E-state index contributed by atoms with van der Waals surface area (Å²) in [6, 6.07) is 6.61. The van der Waals surface area contributed by atoms with Crippen LogP contribution in [0.2, 0.25) is 24.2 Å². The molecule has 4 heteroatoms. The fraction of sp³-hybridized carbons (Fsp3) is 0.875. The Labute approximate surface area is 130 Å². The van der Waals surface area contributed by atoms with Gasteiger partial charge in [-0.3, -0.25) is 0 Å². The van der Waals surface area contributed by atoms with Crippen LogP contribution in [-0.4, -0.2) is 48.0 Å². The summed E-state index contributed by atoms with van der Waals surface area (Å²) in [7, 11) is -1.14. The number of allylic oxidation sites excluding steroid dienone is 1. The minimum Gasteiger partial charge on any atom is -0.318 e. The maximum absolute atomic E-state index is 3.64. The molecule has 1 unspecified atom stereocenters. The van der Waals surface area contributed by atoms with E-state index in [1.165, 1.54) is 55.8 Å². The minimum absolute atomic E-state index is 0.0325. The van der Waals surface area contributed by atoms with Gasteiger partial charge in [-0.05, 0) is 38.4 Å². The lowest BCUT2D eigenvalue weighted by atomic mass is 10.2. The van der Waals surface area contributed by atoms with Crippen LogP contribution < -0.4 is 5.32 Å². The Balaban J connectivity index is 2.63. The normalized spacial score (nSPS) is 21.6. The van der Waals surface area contributed by atoms with Crippen LogP contribution in [0.1, 0.15) is 41.0 Å². The van der Waals surface area contributed by atoms with Crippen molar-refractivity contribution in [3.05, 3.63) is 11.3 Å². The van der Waals surface area contributed by atoms with Gasteiger partial charge in [0.2, 0.25) is 0 Å². The number of nitrogens with zero attached hydrogens (tertiary/aromatic N) is 1. The predicted molar refractivity (Wildman–Crippen MR) is 98.0 cm³/mol. The Morgan fingerprint density at radius 1 is 1.25 bits per heavy atom. The maximum Gasteiger partial charge on any atom is 0.127 e. The van der Waals surface area contributed by atoms with E-state index >= 15 is 0 Å². The summed E-state index contributed by atoms with van der Waals surface area (Å²) in [4.78, 5) is 0. The van der Waals surface area contributed by atoms with E-state index in [2.05, 4.69) is 50.2 Å². The molecule has 1 aliphatic rings. The molecule has 0 aromatic carbocycles. The minimum atomic E-state index is -1.17. The lowest BCUT2D eigenvalue weighted by molar-refractivity contribution is 0.249. The molecule has 0 spiro atoms. The van der Waals surface area contributed by atoms with Gasteiger partial charge < -0.3 is 9.88 Å². The predicted octanol–water partition coefficient (Wildman–Crippen LogP) is 3.17. The van der Waals surface area contributed by atoms with Crippen molar-refractivity contribution in [3.8, 4) is 0 Å². The van der Waals surface area contributed by atoms with Crippen molar-refractivity contribution in [2.75, 3.05) is 19.6 Å². The Bertz CT molecular complexity index is 289. The fourth-order valence-electron chi connectivity index (χ4n) is 3.75. The van der Waals surface area contributed by atoms with Crippen LogP contribution >= 0.6 is 0 Å². The fourth-order valence-corrected chi connectivity index (χ4v) is 9.53. The van der Waals surface area contributed by atoms with Crippen molar-refractivity contribution in [3.63, 3.8) is 0 Å². The van der Waals surface area contributed by atoms with Gasteiger partial charge in [-0.15, -0.1) is 5.70 Å². The van der Waals surface area contributed by atoms with Crippen molar-refractivity contribution < 1.29 is 0 Å². The van der Waals surface area contributed by atoms with E-state index in [1.54, 1.807) is 0 Å². The third-order valence-corrected chi connectivity index (χ3v) is 12.9. The first-order valence-electron chi connectivity index (χ1n) is 8.70. The number of nitrogens with one attached hydrogen (secondary N) is 1. The summed E-state index contributed by atoms with van der Waals surface area (Å²) in [6.45, 7) is 15.5. The van der Waals surface area contributed by atoms with Gasteiger partial charge in [0.05, 0.1) is 0 Å². The third-order valence-electron chi connectivity index (χ3n) is 5.23. The maximum atomic E-state index is 3.64. The molecule has 0 amide bonds. The van der Waals surface area contributed by atoms with Crippen LogP contribution in [-0.2, 0) is 0 Å². The van der Waals surface area contributed by atoms with Crippen molar-refractivity contribution in [2.24, 2.45) is 0 Å². The summed E-state index contributed by atoms with van der Waals surface area (Å²) in [6.07, 6.45) is 1.43. The Morgan fingerprint density at radius 3 is 2.45 bits per heavy atom. The van der Waals surface area contributed by atoms with Gasteiger partial charge in [0.25, 0.3) is 0 Å². The molecule has 1 N–H and O–H groups in total. The molecular weight excluding hydrogens is 276 g/mol. The average Bonchev–Trinajstić information content (AvgIpc) is 2.47. The van der Waals surface area contributed by atoms with Crippen LogP contribution in [0.15, 0.2) is 11.3 Å². The van der Waals surface area contributed by atoms with Crippen LogP contribution in [0.25, 0.3) is 0 Å². The first kappa shape index (κ1) is 18.1. The highest BCUT2D eigenvalue weighted by Crippen LogP contribution is 2.29. The standard InChI is InChI=1S/C16H36N2Si2/c1-6-20(7-2,8-3)18-11-10-17-13-16(18)9-12-19-14-15(4)5/h14,16-17H,6-13,19H2,1-5H3. The van der Waals surface area contributed by atoms with Crippen molar-refractivity contribution in [1.29, 1.82) is 0 Å². The molecule has 0 aromatic heterocycles. The molecule has 1 aliphatic heterocycles. The second-order valence-electron chi connectivity index (χ2n) is 6.55. The zero-order chi connectivity index (χ0) is 15.0. The van der Waals surface area contributed by atoms with Crippen LogP contribution in [0.3, 0.4) is 0 Å². The molecule has 0 saturated carbocycles. The SMILES string of the molecule is CC[Si](CC)(CC)N1CCNCC1CC[SiH2]C=C(C)C. The largest absolute Gasteiger partial charge is 0.318 e. The Hall–Kier alpha value is 0.0938. The lowest BCUT2D eigenvalue weighted by Gasteiger charge is -2.48. The summed E-state index contributed by atoms with van der Waals surface area (Å²) in [5.74, 6) is 0. The summed E-state index contributed by atoms with van der Waals surface area (Å²) in [5, 5.41) is 3.64. The number of piperazine rings is 1. The van der Waals surface area contributed by atoms with Gasteiger partial charge in [-0.25, -0.2) is 0 Å². The molecule has 118 valence electrons. The third kappa shape index (κ3) is 4.83. The smallest absolute Gasteiger partial charge is 0.127 e. The van der Waals surface area contributed by atoms with E-state index in [-0.39, 0.29) is 9.52 Å². The zero-order valence-electron chi connectivity index (χ0n) is 14.5. The summed E-state index contributed by atoms with van der Waals surface area (Å²) in [5.41, 5.74) is 4.06. The van der Waals surface area contributed by atoms with Gasteiger partial charge >= 0.3 is 0 Å². The first-order valence-corrected chi connectivity index (χ1v) is 13.1. The second-order valence-corrected chi connectivity index (χ2v) is 13.4. The molecule has 2 nitrogen and oxygen atoms in total. The van der Waals surface area contributed by atoms with Gasteiger partial charge in [0.15, 0.2) is 0 Å². The quantitative estimate of drug-likeness (QED) is 0.547. The average molecular weight is 313 g/mol. The number of hydrogen-bond donors (Lipinski definition) is 1. The summed E-state index contributed by atoms with van der Waals surface area (Å²) < 4.78 is 3.00. The van der Waals surface area contributed by atoms with E-state index in [1.807, 2.05) is 0 Å².